The molecule has 1 fully saturated rings. The highest BCUT2D eigenvalue weighted by Crippen LogP contribution is 2.25. The van der Waals surface area contributed by atoms with Crippen molar-refractivity contribution < 1.29 is 24.0 Å². The van der Waals surface area contributed by atoms with E-state index in [0.29, 0.717) is 5.92 Å². The van der Waals surface area contributed by atoms with Crippen molar-refractivity contribution in [1.29, 1.82) is 0 Å². The average Bonchev–Trinajstić information content (AvgIpc) is 2.67. The third-order valence-corrected chi connectivity index (χ3v) is 5.23. The molecule has 2 amide bonds. The van der Waals surface area contributed by atoms with Gasteiger partial charge in [0, 0.05) is 17.7 Å². The summed E-state index contributed by atoms with van der Waals surface area (Å²) < 4.78 is 5.06. The number of nitro benzene ring substituents is 1. The summed E-state index contributed by atoms with van der Waals surface area (Å²) in [6, 6.07) is 3.62. The van der Waals surface area contributed by atoms with Crippen LogP contribution < -0.4 is 10.6 Å². The second-order valence-corrected chi connectivity index (χ2v) is 7.52. The summed E-state index contributed by atoms with van der Waals surface area (Å²) in [6.07, 6.45) is 3.16. The van der Waals surface area contributed by atoms with Gasteiger partial charge < -0.3 is 15.4 Å². The van der Waals surface area contributed by atoms with E-state index >= 15 is 0 Å². The standard InChI is InChI=1S/C19H24ClN3O6/c1-11-5-3-4-6-15(11)22-18(25)12(2)29-17(24)10-21-19(26)13-7-8-14(20)16(9-13)23(27)28/h7-9,11-12,15H,3-6,10H2,1-2H3,(H,21,26)(H,22,25)/t11-,12-,15+/m1/s1. The number of nitrogens with zero attached hydrogens (tertiary/aromatic N) is 1. The molecule has 0 saturated heterocycles. The molecule has 1 saturated carbocycles. The van der Waals surface area contributed by atoms with Crippen LogP contribution in [-0.2, 0) is 14.3 Å². The van der Waals surface area contributed by atoms with Crippen molar-refractivity contribution >= 4 is 35.1 Å². The third-order valence-electron chi connectivity index (χ3n) is 4.91. The molecule has 0 radical (unpaired) electrons. The number of amides is 2. The van der Waals surface area contributed by atoms with Gasteiger partial charge in [0.15, 0.2) is 6.10 Å². The average molecular weight is 426 g/mol. The van der Waals surface area contributed by atoms with Crippen LogP contribution in [-0.4, -0.2) is 41.4 Å². The van der Waals surface area contributed by atoms with Crippen LogP contribution in [0.3, 0.4) is 0 Å². The molecule has 3 atom stereocenters. The third kappa shape index (κ3) is 6.42. The highest BCUT2D eigenvalue weighted by Gasteiger charge is 2.26. The van der Waals surface area contributed by atoms with Crippen LogP contribution in [0.5, 0.6) is 0 Å². The lowest BCUT2D eigenvalue weighted by Crippen LogP contribution is -2.46. The molecular weight excluding hydrogens is 402 g/mol. The Morgan fingerprint density at radius 3 is 2.66 bits per heavy atom. The lowest BCUT2D eigenvalue weighted by atomic mass is 9.86. The fourth-order valence-corrected chi connectivity index (χ4v) is 3.36. The molecule has 0 unspecified atom stereocenters. The number of ether oxygens (including phenoxy) is 1. The minimum absolute atomic E-state index is 0.0222. The zero-order chi connectivity index (χ0) is 21.6. The quantitative estimate of drug-likeness (QED) is 0.392. The number of nitrogens with one attached hydrogen (secondary N) is 2. The maximum atomic E-state index is 12.2. The molecular formula is C19H24ClN3O6. The SMILES string of the molecule is C[C@@H]1CCCC[C@@H]1NC(=O)[C@@H](C)OC(=O)CNC(=O)c1ccc(Cl)c([N+](=O)[O-])c1. The van der Waals surface area contributed by atoms with Crippen molar-refractivity contribution in [3.8, 4) is 0 Å². The van der Waals surface area contributed by atoms with Crippen LogP contribution in [0, 0.1) is 16.0 Å². The summed E-state index contributed by atoms with van der Waals surface area (Å²) in [5.74, 6) is -1.49. The minimum atomic E-state index is -0.995. The number of nitro groups is 1. The zero-order valence-corrected chi connectivity index (χ0v) is 17.0. The first-order valence-corrected chi connectivity index (χ1v) is 9.78. The largest absolute Gasteiger partial charge is 0.451 e. The van der Waals surface area contributed by atoms with Gasteiger partial charge in [-0.25, -0.2) is 0 Å². The first-order chi connectivity index (χ1) is 13.7. The smallest absolute Gasteiger partial charge is 0.326 e. The molecule has 2 N–H and O–H groups in total. The molecule has 10 heteroatoms. The fourth-order valence-electron chi connectivity index (χ4n) is 3.17. The Morgan fingerprint density at radius 2 is 2.00 bits per heavy atom. The maximum Gasteiger partial charge on any atom is 0.326 e. The van der Waals surface area contributed by atoms with Gasteiger partial charge in [0.25, 0.3) is 17.5 Å². The van der Waals surface area contributed by atoms with E-state index in [4.69, 9.17) is 16.3 Å². The predicted molar refractivity (Wildman–Crippen MR) is 106 cm³/mol. The number of carbonyl (C=O) groups excluding carboxylic acids is 3. The van der Waals surface area contributed by atoms with Crippen LogP contribution in [0.1, 0.15) is 49.9 Å². The Balaban J connectivity index is 1.82. The lowest BCUT2D eigenvalue weighted by molar-refractivity contribution is -0.384. The first kappa shape index (κ1) is 22.6. The Labute approximate surface area is 173 Å². The molecule has 9 nitrogen and oxygen atoms in total. The molecule has 158 valence electrons. The monoisotopic (exact) mass is 425 g/mol. The van der Waals surface area contributed by atoms with Gasteiger partial charge in [-0.05, 0) is 37.8 Å². The fraction of sp³-hybridized carbons (Fsp3) is 0.526. The summed E-state index contributed by atoms with van der Waals surface area (Å²) in [6.45, 7) is 3.06. The number of hydrogen-bond donors (Lipinski definition) is 2. The highest BCUT2D eigenvalue weighted by molar-refractivity contribution is 6.32. The first-order valence-electron chi connectivity index (χ1n) is 9.41. The van der Waals surface area contributed by atoms with Crippen molar-refractivity contribution in [2.75, 3.05) is 6.54 Å². The highest BCUT2D eigenvalue weighted by atomic mass is 35.5. The van der Waals surface area contributed by atoms with Gasteiger partial charge in [0.05, 0.1) is 4.92 Å². The molecule has 0 aromatic heterocycles. The van der Waals surface area contributed by atoms with Crippen molar-refractivity contribution in [2.24, 2.45) is 5.92 Å². The Bertz CT molecular complexity index is 800. The van der Waals surface area contributed by atoms with Gasteiger partial charge in [0.1, 0.15) is 11.6 Å². The Morgan fingerprint density at radius 1 is 1.31 bits per heavy atom. The molecule has 1 aromatic rings. The molecule has 0 aliphatic heterocycles. The topological polar surface area (TPSA) is 128 Å². The molecule has 0 heterocycles. The summed E-state index contributed by atoms with van der Waals surface area (Å²) in [5.41, 5.74) is -0.435. The minimum Gasteiger partial charge on any atom is -0.451 e. The van der Waals surface area contributed by atoms with E-state index in [1.54, 1.807) is 0 Å². The van der Waals surface area contributed by atoms with Crippen molar-refractivity contribution in [3.63, 3.8) is 0 Å². The number of rotatable bonds is 7. The number of esters is 1. The second-order valence-electron chi connectivity index (χ2n) is 7.11. The number of hydrogen-bond acceptors (Lipinski definition) is 6. The number of halogens is 1. The summed E-state index contributed by atoms with van der Waals surface area (Å²) in [5, 5.41) is 16.0. The van der Waals surface area contributed by atoms with E-state index in [1.165, 1.54) is 19.1 Å². The maximum absolute atomic E-state index is 12.2. The summed E-state index contributed by atoms with van der Waals surface area (Å²) >= 11 is 5.70. The molecule has 0 bridgehead atoms. The van der Waals surface area contributed by atoms with E-state index in [2.05, 4.69) is 17.6 Å². The normalized spacial score (nSPS) is 19.7. The number of benzene rings is 1. The predicted octanol–water partition coefficient (Wildman–Crippen LogP) is 2.60. The van der Waals surface area contributed by atoms with E-state index in [-0.39, 0.29) is 22.5 Å². The van der Waals surface area contributed by atoms with Crippen molar-refractivity contribution in [1.82, 2.24) is 10.6 Å². The van der Waals surface area contributed by atoms with Gasteiger partial charge >= 0.3 is 5.97 Å². The van der Waals surface area contributed by atoms with Gasteiger partial charge in [0.2, 0.25) is 0 Å². The molecule has 2 rings (SSSR count). The molecule has 1 aliphatic carbocycles. The van der Waals surface area contributed by atoms with Crippen LogP contribution in [0.15, 0.2) is 18.2 Å². The molecule has 0 spiro atoms. The summed E-state index contributed by atoms with van der Waals surface area (Å²) in [4.78, 5) is 46.4. The Kier molecular flexibility index (Phi) is 7.95. The second kappa shape index (κ2) is 10.2. The van der Waals surface area contributed by atoms with Gasteiger partial charge in [-0.15, -0.1) is 0 Å². The van der Waals surface area contributed by atoms with Crippen LogP contribution in [0.25, 0.3) is 0 Å². The molecule has 29 heavy (non-hydrogen) atoms. The van der Waals surface area contributed by atoms with E-state index in [0.717, 1.165) is 31.7 Å². The van der Waals surface area contributed by atoms with E-state index in [9.17, 15) is 24.5 Å². The van der Waals surface area contributed by atoms with Crippen LogP contribution in [0.4, 0.5) is 5.69 Å². The van der Waals surface area contributed by atoms with Gasteiger partial charge in [-0.1, -0.05) is 31.4 Å². The Hall–Kier alpha value is -2.68. The van der Waals surface area contributed by atoms with Crippen LogP contribution >= 0.6 is 11.6 Å². The van der Waals surface area contributed by atoms with E-state index < -0.39 is 35.1 Å². The summed E-state index contributed by atoms with van der Waals surface area (Å²) in [7, 11) is 0. The van der Waals surface area contributed by atoms with Gasteiger partial charge in [-0.3, -0.25) is 24.5 Å². The van der Waals surface area contributed by atoms with E-state index in [1.807, 2.05) is 0 Å². The van der Waals surface area contributed by atoms with Crippen LogP contribution in [0.2, 0.25) is 5.02 Å². The van der Waals surface area contributed by atoms with Gasteiger partial charge in [-0.2, -0.15) is 0 Å². The molecule has 1 aromatic carbocycles. The van der Waals surface area contributed by atoms with Crippen molar-refractivity contribution in [2.45, 2.75) is 51.7 Å². The molecule has 1 aliphatic rings. The van der Waals surface area contributed by atoms with Crippen molar-refractivity contribution in [3.05, 3.63) is 38.9 Å². The number of carbonyl (C=O) groups is 3. The lowest BCUT2D eigenvalue weighted by Gasteiger charge is -2.30. The zero-order valence-electron chi connectivity index (χ0n) is 16.3.